The van der Waals surface area contributed by atoms with Crippen LogP contribution >= 0.6 is 0 Å². The topological polar surface area (TPSA) is 9.23 Å². The lowest BCUT2D eigenvalue weighted by Gasteiger charge is -2.42. The summed E-state index contributed by atoms with van der Waals surface area (Å²) >= 11 is 0. The number of unbranched alkanes of at least 4 members (excludes halogenated alkanes) is 8. The Bertz CT molecular complexity index is 2290. The van der Waals surface area contributed by atoms with Crippen molar-refractivity contribution in [1.82, 2.24) is 0 Å². The molecule has 0 aliphatic carbocycles. The maximum atomic E-state index is 7.60. The fraction of sp³-hybridized carbons (Fsp3) is 0.552. The molecule has 6 aromatic rings. The van der Waals surface area contributed by atoms with Gasteiger partial charge in [0, 0.05) is 16.3 Å². The molecule has 0 aliphatic heterocycles. The third-order valence-corrected chi connectivity index (χ3v) is 14.3. The van der Waals surface area contributed by atoms with Crippen LogP contribution in [-0.4, -0.2) is 0 Å². The second-order valence-electron chi connectivity index (χ2n) is 21.0. The van der Waals surface area contributed by atoms with E-state index in [1.165, 1.54) is 133 Å². The van der Waals surface area contributed by atoms with Crippen LogP contribution in [0.25, 0.3) is 43.1 Å². The summed E-state index contributed by atoms with van der Waals surface area (Å²) in [5.41, 5.74) is 5.95. The van der Waals surface area contributed by atoms with Crippen molar-refractivity contribution in [2.75, 3.05) is 0 Å². The van der Waals surface area contributed by atoms with Gasteiger partial charge in [-0.05, 0) is 115 Å². The van der Waals surface area contributed by atoms with Crippen LogP contribution in [0.15, 0.2) is 72.8 Å². The van der Waals surface area contributed by atoms with E-state index in [4.69, 9.17) is 4.74 Å². The van der Waals surface area contributed by atoms with Gasteiger partial charge in [-0.25, -0.2) is 0 Å². The van der Waals surface area contributed by atoms with Gasteiger partial charge in [0.2, 0.25) is 0 Å². The van der Waals surface area contributed by atoms with Crippen molar-refractivity contribution < 1.29 is 4.74 Å². The van der Waals surface area contributed by atoms with Crippen LogP contribution in [-0.2, 0) is 21.7 Å². The molecule has 0 N–H and O–H groups in total. The number of hydrogen-bond acceptors (Lipinski definition) is 1. The molecule has 0 heterocycles. The second kappa shape index (κ2) is 18.6. The Hall–Kier alpha value is -3.58. The second-order valence-corrected chi connectivity index (χ2v) is 21.0. The standard InChI is InChI=1S/C58H80O/c1-13-17-24-36-55(5,6)46-40-45-43-34-28-30-41-31-29-35-44(47(41)43)49-48(45)50(51(46)56(7,8)37-25-18-14-2)52(57(9,10)38-26-19-15-3)53(58(11,12)39-27-20-16-4)54(49)59-42-32-22-21-23-33-42/h21-23,28-35,40H,13-20,24-27,36-39H2,1-12H3. The Kier molecular flexibility index (Phi) is 14.2. The van der Waals surface area contributed by atoms with E-state index in [2.05, 4.69) is 156 Å². The summed E-state index contributed by atoms with van der Waals surface area (Å²) in [5, 5.41) is 11.1. The molecule has 6 rings (SSSR count). The van der Waals surface area contributed by atoms with Gasteiger partial charge in [0.05, 0.1) is 0 Å². The van der Waals surface area contributed by atoms with Gasteiger partial charge < -0.3 is 4.74 Å². The predicted molar refractivity (Wildman–Crippen MR) is 263 cm³/mol. The highest BCUT2D eigenvalue weighted by Gasteiger charge is 2.42. The van der Waals surface area contributed by atoms with E-state index in [1.807, 2.05) is 0 Å². The zero-order chi connectivity index (χ0) is 42.6. The van der Waals surface area contributed by atoms with Gasteiger partial charge in [0.15, 0.2) is 0 Å². The first-order chi connectivity index (χ1) is 28.1. The van der Waals surface area contributed by atoms with Crippen LogP contribution in [0.2, 0.25) is 0 Å². The van der Waals surface area contributed by atoms with Gasteiger partial charge >= 0.3 is 0 Å². The molecule has 318 valence electrons. The van der Waals surface area contributed by atoms with E-state index >= 15 is 0 Å². The third-order valence-electron chi connectivity index (χ3n) is 14.3. The van der Waals surface area contributed by atoms with Gasteiger partial charge in [-0.2, -0.15) is 0 Å². The van der Waals surface area contributed by atoms with E-state index in [9.17, 15) is 0 Å². The zero-order valence-electron chi connectivity index (χ0n) is 39.7. The first-order valence-electron chi connectivity index (χ1n) is 24.1. The van der Waals surface area contributed by atoms with E-state index in [1.54, 1.807) is 22.1 Å². The Balaban J connectivity index is 1.98. The molecule has 0 aromatic heterocycles. The lowest BCUT2D eigenvalue weighted by atomic mass is 9.62. The molecule has 0 saturated carbocycles. The van der Waals surface area contributed by atoms with Gasteiger partial charge in [0.25, 0.3) is 0 Å². The lowest BCUT2D eigenvalue weighted by molar-refractivity contribution is 0.389. The van der Waals surface area contributed by atoms with E-state index in [0.717, 1.165) is 24.3 Å². The highest BCUT2D eigenvalue weighted by molar-refractivity contribution is 6.35. The minimum absolute atomic E-state index is 0.00187. The molecule has 59 heavy (non-hydrogen) atoms. The summed E-state index contributed by atoms with van der Waals surface area (Å²) in [6, 6.07) is 27.5. The highest BCUT2D eigenvalue weighted by atomic mass is 16.5. The zero-order valence-corrected chi connectivity index (χ0v) is 39.7. The molecular formula is C58H80O. The van der Waals surface area contributed by atoms with Crippen molar-refractivity contribution in [2.24, 2.45) is 0 Å². The molecule has 0 atom stereocenters. The first-order valence-corrected chi connectivity index (χ1v) is 24.1. The Morgan fingerprint density at radius 1 is 0.390 bits per heavy atom. The van der Waals surface area contributed by atoms with Crippen molar-refractivity contribution in [3.8, 4) is 11.5 Å². The molecule has 0 amide bonds. The maximum Gasteiger partial charge on any atom is 0.139 e. The fourth-order valence-electron chi connectivity index (χ4n) is 11.0. The predicted octanol–water partition coefficient (Wildman–Crippen LogP) is 19.0. The maximum absolute atomic E-state index is 7.60. The van der Waals surface area contributed by atoms with Crippen molar-refractivity contribution >= 4 is 43.1 Å². The summed E-state index contributed by atoms with van der Waals surface area (Å²) in [5.74, 6) is 2.02. The Morgan fingerprint density at radius 3 is 1.39 bits per heavy atom. The Morgan fingerprint density at radius 2 is 0.864 bits per heavy atom. The van der Waals surface area contributed by atoms with Crippen LogP contribution < -0.4 is 4.74 Å². The Labute approximate surface area is 360 Å². The molecule has 0 spiro atoms. The van der Waals surface area contributed by atoms with Crippen molar-refractivity contribution in [1.29, 1.82) is 0 Å². The van der Waals surface area contributed by atoms with Gasteiger partial charge in [-0.15, -0.1) is 0 Å². The molecular weight excluding hydrogens is 713 g/mol. The van der Waals surface area contributed by atoms with Crippen LogP contribution in [0.3, 0.4) is 0 Å². The molecule has 0 aliphatic rings. The lowest BCUT2D eigenvalue weighted by Crippen LogP contribution is -2.31. The molecule has 1 heteroatoms. The molecule has 0 unspecified atom stereocenters. The molecule has 0 radical (unpaired) electrons. The van der Waals surface area contributed by atoms with Crippen LogP contribution in [0, 0.1) is 0 Å². The van der Waals surface area contributed by atoms with Crippen LogP contribution in [0.5, 0.6) is 11.5 Å². The summed E-state index contributed by atoms with van der Waals surface area (Å²) in [7, 11) is 0. The fourth-order valence-corrected chi connectivity index (χ4v) is 11.0. The highest BCUT2D eigenvalue weighted by Crippen LogP contribution is 2.58. The number of ether oxygens (including phenoxy) is 1. The number of para-hydroxylation sites is 1. The number of rotatable bonds is 22. The summed E-state index contributed by atoms with van der Waals surface area (Å²) in [4.78, 5) is 0. The molecule has 1 nitrogen and oxygen atoms in total. The van der Waals surface area contributed by atoms with Crippen LogP contribution in [0.4, 0.5) is 0 Å². The average molecular weight is 793 g/mol. The van der Waals surface area contributed by atoms with Crippen molar-refractivity contribution in [2.45, 2.75) is 207 Å². The normalized spacial score (nSPS) is 13.2. The summed E-state index contributed by atoms with van der Waals surface area (Å²) in [6.07, 6.45) is 19.6. The monoisotopic (exact) mass is 793 g/mol. The van der Waals surface area contributed by atoms with Crippen molar-refractivity contribution in [3.05, 3.63) is 95.1 Å². The SMILES string of the molecule is CCCCCC(C)(C)c1cc2c3cccc4cccc(c5c(Oc6ccccc6)c(C(C)(C)CCCCC)c(C(C)(C)CCCCC)c(c1C(C)(C)CCCCC)c25)c43. The molecule has 0 saturated heterocycles. The number of hydrogen-bond donors (Lipinski definition) is 0. The first kappa shape index (κ1) is 45.0. The summed E-state index contributed by atoms with van der Waals surface area (Å²) in [6.45, 7) is 30.1. The van der Waals surface area contributed by atoms with Gasteiger partial charge in [0.1, 0.15) is 11.5 Å². The average Bonchev–Trinajstić information content (AvgIpc) is 3.19. The van der Waals surface area contributed by atoms with E-state index in [0.29, 0.717) is 0 Å². The number of benzene rings is 6. The smallest absolute Gasteiger partial charge is 0.139 e. The van der Waals surface area contributed by atoms with E-state index < -0.39 is 0 Å². The quantitative estimate of drug-likeness (QED) is 0.0378. The van der Waals surface area contributed by atoms with Gasteiger partial charge in [-0.3, -0.25) is 0 Å². The molecule has 0 fully saturated rings. The summed E-state index contributed by atoms with van der Waals surface area (Å²) < 4.78 is 7.60. The largest absolute Gasteiger partial charge is 0.456 e. The minimum Gasteiger partial charge on any atom is -0.456 e. The molecule has 0 bridgehead atoms. The molecule has 6 aromatic carbocycles. The van der Waals surface area contributed by atoms with Gasteiger partial charge in [-0.1, -0.05) is 215 Å². The number of fused-ring (bicyclic) bond motifs is 2. The van der Waals surface area contributed by atoms with Crippen molar-refractivity contribution in [3.63, 3.8) is 0 Å². The van der Waals surface area contributed by atoms with E-state index in [-0.39, 0.29) is 21.7 Å². The minimum atomic E-state index is -0.136. The third kappa shape index (κ3) is 9.07. The van der Waals surface area contributed by atoms with Crippen LogP contribution in [0.1, 0.15) is 208 Å².